The molecule has 23 heavy (non-hydrogen) atoms. The summed E-state index contributed by atoms with van der Waals surface area (Å²) in [6.07, 6.45) is 1.31. The van der Waals surface area contributed by atoms with Crippen LogP contribution in [0.3, 0.4) is 0 Å². The Labute approximate surface area is 134 Å². The van der Waals surface area contributed by atoms with E-state index in [1.807, 2.05) is 19.1 Å². The van der Waals surface area contributed by atoms with Gasteiger partial charge < -0.3 is 0 Å². The van der Waals surface area contributed by atoms with E-state index in [1.54, 1.807) is 36.4 Å². The highest BCUT2D eigenvalue weighted by atomic mass is 16.2. The number of imide groups is 1. The molecule has 2 aromatic carbocycles. The van der Waals surface area contributed by atoms with Gasteiger partial charge in [0.15, 0.2) is 5.78 Å². The maximum atomic E-state index is 12.5. The van der Waals surface area contributed by atoms with Crippen molar-refractivity contribution in [3.63, 3.8) is 0 Å². The van der Waals surface area contributed by atoms with Crippen LogP contribution in [0.5, 0.6) is 0 Å². The summed E-state index contributed by atoms with van der Waals surface area (Å²) in [5, 5.41) is 0. The summed E-state index contributed by atoms with van der Waals surface area (Å²) in [4.78, 5) is 37.8. The van der Waals surface area contributed by atoms with E-state index in [0.29, 0.717) is 16.8 Å². The van der Waals surface area contributed by atoms with Crippen molar-refractivity contribution in [2.75, 3.05) is 4.90 Å². The number of allylic oxidation sites excluding steroid dienone is 1. The first kappa shape index (κ1) is 14.9. The molecule has 2 amide bonds. The molecular formula is C19H15NO3. The van der Waals surface area contributed by atoms with Crippen LogP contribution < -0.4 is 4.90 Å². The number of hydrogen-bond acceptors (Lipinski definition) is 3. The molecule has 114 valence electrons. The van der Waals surface area contributed by atoms with Gasteiger partial charge >= 0.3 is 0 Å². The van der Waals surface area contributed by atoms with E-state index < -0.39 is 5.91 Å². The van der Waals surface area contributed by atoms with Crippen molar-refractivity contribution in [2.45, 2.75) is 13.8 Å². The molecule has 0 atom stereocenters. The SMILES string of the molecule is CC(=O)N1C(=O)C(=CC(=O)c2ccc(C)cc2)c2ccccc21. The van der Waals surface area contributed by atoms with E-state index in [1.165, 1.54) is 13.0 Å². The highest BCUT2D eigenvalue weighted by Gasteiger charge is 2.35. The Kier molecular flexibility index (Phi) is 3.66. The highest BCUT2D eigenvalue weighted by molar-refractivity contribution is 6.41. The number of nitrogens with zero attached hydrogens (tertiary/aromatic N) is 1. The summed E-state index contributed by atoms with van der Waals surface area (Å²) in [6, 6.07) is 14.1. The minimum absolute atomic E-state index is 0.251. The number of ketones is 1. The maximum absolute atomic E-state index is 12.5. The standard InChI is InChI=1S/C19H15NO3/c1-12-7-9-14(10-8-12)18(22)11-16-15-5-3-4-6-17(15)20(13(2)21)19(16)23/h3-11H,1-2H3. The lowest BCUT2D eigenvalue weighted by Crippen LogP contribution is -2.31. The molecule has 0 radical (unpaired) electrons. The van der Waals surface area contributed by atoms with Gasteiger partial charge in [-0.05, 0) is 19.1 Å². The molecule has 1 heterocycles. The van der Waals surface area contributed by atoms with Crippen LogP contribution in [0.15, 0.2) is 54.6 Å². The molecule has 0 fully saturated rings. The second-order valence-electron chi connectivity index (χ2n) is 5.47. The molecule has 0 N–H and O–H groups in total. The van der Waals surface area contributed by atoms with E-state index >= 15 is 0 Å². The largest absolute Gasteiger partial charge is 0.289 e. The summed E-state index contributed by atoms with van der Waals surface area (Å²) in [5.74, 6) is -1.08. The fraction of sp³-hybridized carbons (Fsp3) is 0.105. The van der Waals surface area contributed by atoms with Gasteiger partial charge in [0.1, 0.15) is 0 Å². The summed E-state index contributed by atoms with van der Waals surface area (Å²) >= 11 is 0. The predicted octanol–water partition coefficient (Wildman–Crippen LogP) is 3.15. The van der Waals surface area contributed by atoms with Crippen molar-refractivity contribution in [3.05, 3.63) is 71.3 Å². The molecule has 4 nitrogen and oxygen atoms in total. The predicted molar refractivity (Wildman–Crippen MR) is 88.1 cm³/mol. The quantitative estimate of drug-likeness (QED) is 0.632. The van der Waals surface area contributed by atoms with Crippen molar-refractivity contribution in [3.8, 4) is 0 Å². The van der Waals surface area contributed by atoms with Crippen LogP contribution in [0.1, 0.15) is 28.4 Å². The Morgan fingerprint density at radius 1 is 1.00 bits per heavy atom. The molecule has 0 aliphatic carbocycles. The van der Waals surface area contributed by atoms with Crippen LogP contribution >= 0.6 is 0 Å². The molecule has 1 aliphatic heterocycles. The lowest BCUT2D eigenvalue weighted by Gasteiger charge is -2.11. The summed E-state index contributed by atoms with van der Waals surface area (Å²) in [5.41, 5.74) is 2.94. The molecule has 0 aromatic heterocycles. The zero-order chi connectivity index (χ0) is 16.6. The maximum Gasteiger partial charge on any atom is 0.265 e. The Morgan fingerprint density at radius 3 is 2.30 bits per heavy atom. The van der Waals surface area contributed by atoms with E-state index in [2.05, 4.69) is 0 Å². The third-order valence-electron chi connectivity index (χ3n) is 3.80. The number of amides is 2. The smallest absolute Gasteiger partial charge is 0.265 e. The third kappa shape index (κ3) is 2.59. The highest BCUT2D eigenvalue weighted by Crippen LogP contribution is 2.36. The Bertz CT molecular complexity index is 847. The van der Waals surface area contributed by atoms with Gasteiger partial charge in [0.25, 0.3) is 5.91 Å². The second-order valence-corrected chi connectivity index (χ2v) is 5.47. The van der Waals surface area contributed by atoms with E-state index in [0.717, 1.165) is 10.5 Å². The topological polar surface area (TPSA) is 54.5 Å². The van der Waals surface area contributed by atoms with E-state index in [9.17, 15) is 14.4 Å². The number of carbonyl (C=O) groups is 3. The average Bonchev–Trinajstić information content (AvgIpc) is 2.80. The summed E-state index contributed by atoms with van der Waals surface area (Å²) in [6.45, 7) is 3.27. The Morgan fingerprint density at radius 2 is 1.65 bits per heavy atom. The molecule has 0 saturated carbocycles. The van der Waals surface area contributed by atoms with Crippen molar-refractivity contribution < 1.29 is 14.4 Å². The molecule has 1 aliphatic rings. The Balaban J connectivity index is 2.05. The monoisotopic (exact) mass is 305 g/mol. The van der Waals surface area contributed by atoms with Gasteiger partial charge in [-0.25, -0.2) is 4.90 Å². The number of carbonyl (C=O) groups excluding carboxylic acids is 3. The van der Waals surface area contributed by atoms with Crippen molar-refractivity contribution in [1.82, 2.24) is 0 Å². The van der Waals surface area contributed by atoms with Crippen LogP contribution in [0, 0.1) is 6.92 Å². The second kappa shape index (κ2) is 5.65. The number of benzene rings is 2. The van der Waals surface area contributed by atoms with Crippen molar-refractivity contribution in [2.24, 2.45) is 0 Å². The normalized spacial score (nSPS) is 15.0. The van der Waals surface area contributed by atoms with Gasteiger partial charge in [-0.2, -0.15) is 0 Å². The van der Waals surface area contributed by atoms with Crippen LogP contribution in [-0.2, 0) is 9.59 Å². The third-order valence-corrected chi connectivity index (χ3v) is 3.80. The van der Waals surface area contributed by atoms with Gasteiger partial charge in [-0.3, -0.25) is 14.4 Å². The van der Waals surface area contributed by atoms with Crippen molar-refractivity contribution >= 4 is 28.9 Å². The fourth-order valence-electron chi connectivity index (χ4n) is 2.63. The number of anilines is 1. The molecule has 2 aromatic rings. The minimum atomic E-state index is -0.459. The molecule has 3 rings (SSSR count). The van der Waals surface area contributed by atoms with Gasteiger partial charge in [-0.15, -0.1) is 0 Å². The average molecular weight is 305 g/mol. The van der Waals surface area contributed by atoms with Crippen molar-refractivity contribution in [1.29, 1.82) is 0 Å². The lowest BCUT2D eigenvalue weighted by atomic mass is 10.0. The first-order valence-electron chi connectivity index (χ1n) is 7.26. The zero-order valence-corrected chi connectivity index (χ0v) is 12.9. The van der Waals surface area contributed by atoms with Gasteiger partial charge in [0.05, 0.1) is 11.3 Å². The van der Waals surface area contributed by atoms with Gasteiger partial charge in [0.2, 0.25) is 5.91 Å². The van der Waals surface area contributed by atoms with Crippen LogP contribution in [0.2, 0.25) is 0 Å². The number of rotatable bonds is 2. The minimum Gasteiger partial charge on any atom is -0.289 e. The summed E-state index contributed by atoms with van der Waals surface area (Å²) < 4.78 is 0. The molecular weight excluding hydrogens is 290 g/mol. The van der Waals surface area contributed by atoms with Crippen LogP contribution in [0.4, 0.5) is 5.69 Å². The Hall–Kier alpha value is -3.01. The van der Waals surface area contributed by atoms with Crippen LogP contribution in [-0.4, -0.2) is 17.6 Å². The first-order valence-corrected chi connectivity index (χ1v) is 7.26. The van der Waals surface area contributed by atoms with E-state index in [4.69, 9.17) is 0 Å². The molecule has 4 heteroatoms. The molecule has 0 saturated heterocycles. The zero-order valence-electron chi connectivity index (χ0n) is 12.9. The fourth-order valence-corrected chi connectivity index (χ4v) is 2.63. The van der Waals surface area contributed by atoms with Gasteiger partial charge in [-0.1, -0.05) is 48.0 Å². The number of aryl methyl sites for hydroxylation is 1. The summed E-state index contributed by atoms with van der Waals surface area (Å²) in [7, 11) is 0. The molecule has 0 bridgehead atoms. The molecule has 0 spiro atoms. The number of hydrogen-bond donors (Lipinski definition) is 0. The lowest BCUT2D eigenvalue weighted by molar-refractivity contribution is -0.122. The van der Waals surface area contributed by atoms with Crippen LogP contribution in [0.25, 0.3) is 5.57 Å². The van der Waals surface area contributed by atoms with E-state index in [-0.39, 0.29) is 17.3 Å². The number of fused-ring (bicyclic) bond motifs is 1. The number of para-hydroxylation sites is 1. The molecule has 0 unspecified atom stereocenters. The van der Waals surface area contributed by atoms with Gasteiger partial charge in [0, 0.05) is 18.1 Å². The first-order chi connectivity index (χ1) is 11.0.